The highest BCUT2D eigenvalue weighted by Crippen LogP contribution is 2.23. The third-order valence-electron chi connectivity index (χ3n) is 2.23. The molecule has 0 aliphatic heterocycles. The van der Waals surface area contributed by atoms with Gasteiger partial charge in [-0.3, -0.25) is 4.98 Å². The Labute approximate surface area is 110 Å². The van der Waals surface area contributed by atoms with E-state index >= 15 is 0 Å². The highest BCUT2D eigenvalue weighted by molar-refractivity contribution is 7.98. The van der Waals surface area contributed by atoms with Gasteiger partial charge in [0.2, 0.25) is 5.88 Å². The van der Waals surface area contributed by atoms with Crippen LogP contribution >= 0.6 is 11.8 Å². The molecule has 0 amide bonds. The molecular weight excluding hydrogens is 248 g/mol. The number of rotatable bonds is 4. The molecule has 0 saturated carbocycles. The topological polar surface area (TPSA) is 59.9 Å². The minimum atomic E-state index is 0.504. The van der Waals surface area contributed by atoms with Crippen molar-refractivity contribution in [1.29, 1.82) is 0 Å². The Balaban J connectivity index is 2.25. The summed E-state index contributed by atoms with van der Waals surface area (Å²) in [6.45, 7) is 1.93. The van der Waals surface area contributed by atoms with Crippen LogP contribution in [0.25, 0.3) is 0 Å². The van der Waals surface area contributed by atoms with E-state index in [4.69, 9.17) is 4.74 Å². The van der Waals surface area contributed by atoms with Gasteiger partial charge in [0.25, 0.3) is 0 Å². The monoisotopic (exact) mass is 262 g/mol. The van der Waals surface area contributed by atoms with E-state index in [1.165, 1.54) is 11.8 Å². The SMILES string of the molecule is CNc1cc(Oc2ccc(C)nc2)nc(SC)n1. The highest BCUT2D eigenvalue weighted by Gasteiger charge is 2.05. The molecule has 94 valence electrons. The van der Waals surface area contributed by atoms with Crippen molar-refractivity contribution < 1.29 is 4.74 Å². The van der Waals surface area contributed by atoms with E-state index in [0.717, 1.165) is 11.5 Å². The first kappa shape index (κ1) is 12.6. The third kappa shape index (κ3) is 3.10. The van der Waals surface area contributed by atoms with Crippen LogP contribution in [-0.4, -0.2) is 28.3 Å². The average molecular weight is 262 g/mol. The number of hydrogen-bond acceptors (Lipinski definition) is 6. The van der Waals surface area contributed by atoms with Gasteiger partial charge in [0, 0.05) is 18.8 Å². The van der Waals surface area contributed by atoms with Crippen molar-refractivity contribution in [3.05, 3.63) is 30.1 Å². The molecule has 2 heterocycles. The fourth-order valence-electron chi connectivity index (χ4n) is 1.31. The Bertz CT molecular complexity index is 508. The van der Waals surface area contributed by atoms with Crippen molar-refractivity contribution in [2.75, 3.05) is 18.6 Å². The number of anilines is 1. The van der Waals surface area contributed by atoms with Crippen LogP contribution < -0.4 is 10.1 Å². The lowest BCUT2D eigenvalue weighted by Crippen LogP contribution is -1.98. The van der Waals surface area contributed by atoms with Crippen molar-refractivity contribution in [3.63, 3.8) is 0 Å². The number of aromatic nitrogens is 3. The fraction of sp³-hybridized carbons (Fsp3) is 0.250. The Morgan fingerprint density at radius 2 is 2.11 bits per heavy atom. The van der Waals surface area contributed by atoms with E-state index < -0.39 is 0 Å². The zero-order chi connectivity index (χ0) is 13.0. The van der Waals surface area contributed by atoms with Crippen molar-refractivity contribution in [1.82, 2.24) is 15.0 Å². The maximum Gasteiger partial charge on any atom is 0.225 e. The maximum atomic E-state index is 5.65. The summed E-state index contributed by atoms with van der Waals surface area (Å²) in [5.41, 5.74) is 0.950. The lowest BCUT2D eigenvalue weighted by molar-refractivity contribution is 0.454. The van der Waals surface area contributed by atoms with Crippen molar-refractivity contribution in [3.8, 4) is 11.6 Å². The molecule has 0 atom stereocenters. The quantitative estimate of drug-likeness (QED) is 0.675. The summed E-state index contributed by atoms with van der Waals surface area (Å²) in [5, 5.41) is 3.64. The van der Waals surface area contributed by atoms with Gasteiger partial charge in [0.1, 0.15) is 11.6 Å². The van der Waals surface area contributed by atoms with Crippen LogP contribution in [0.15, 0.2) is 29.6 Å². The lowest BCUT2D eigenvalue weighted by Gasteiger charge is -2.07. The van der Waals surface area contributed by atoms with Gasteiger partial charge < -0.3 is 10.1 Å². The second kappa shape index (κ2) is 5.68. The molecule has 0 fully saturated rings. The van der Waals surface area contributed by atoms with E-state index in [1.807, 2.05) is 32.4 Å². The van der Waals surface area contributed by atoms with Crippen LogP contribution in [-0.2, 0) is 0 Å². The minimum Gasteiger partial charge on any atom is -0.437 e. The standard InChI is InChI=1S/C12H14N4OS/c1-8-4-5-9(7-14-8)17-11-6-10(13-2)15-12(16-11)18-3/h4-7H,1-3H3,(H,13,15,16). The number of nitrogens with one attached hydrogen (secondary N) is 1. The minimum absolute atomic E-state index is 0.504. The van der Waals surface area contributed by atoms with Crippen LogP contribution in [0, 0.1) is 6.92 Å². The molecule has 0 bridgehead atoms. The summed E-state index contributed by atoms with van der Waals surface area (Å²) in [5.74, 6) is 1.89. The largest absolute Gasteiger partial charge is 0.437 e. The molecule has 0 aliphatic carbocycles. The zero-order valence-corrected chi connectivity index (χ0v) is 11.3. The number of aryl methyl sites for hydroxylation is 1. The predicted molar refractivity (Wildman–Crippen MR) is 72.4 cm³/mol. The normalized spacial score (nSPS) is 10.2. The Morgan fingerprint density at radius 3 is 2.72 bits per heavy atom. The van der Waals surface area contributed by atoms with Gasteiger partial charge >= 0.3 is 0 Å². The third-order valence-corrected chi connectivity index (χ3v) is 2.78. The van der Waals surface area contributed by atoms with Crippen molar-refractivity contribution in [2.24, 2.45) is 0 Å². The summed E-state index contributed by atoms with van der Waals surface area (Å²) >= 11 is 1.47. The van der Waals surface area contributed by atoms with Crippen molar-refractivity contribution in [2.45, 2.75) is 12.1 Å². The number of hydrogen-bond donors (Lipinski definition) is 1. The molecule has 1 N–H and O–H groups in total. The van der Waals surface area contributed by atoms with E-state index in [0.29, 0.717) is 16.8 Å². The molecule has 0 unspecified atom stereocenters. The first-order valence-electron chi connectivity index (χ1n) is 5.42. The molecular formula is C12H14N4OS. The number of thioether (sulfide) groups is 1. The maximum absolute atomic E-state index is 5.65. The van der Waals surface area contributed by atoms with Crippen LogP contribution in [0.3, 0.4) is 0 Å². The van der Waals surface area contributed by atoms with Gasteiger partial charge in [-0.05, 0) is 25.3 Å². The summed E-state index contributed by atoms with van der Waals surface area (Å²) in [4.78, 5) is 12.7. The first-order valence-corrected chi connectivity index (χ1v) is 6.65. The van der Waals surface area contributed by atoms with E-state index in [2.05, 4.69) is 20.3 Å². The smallest absolute Gasteiger partial charge is 0.225 e. The van der Waals surface area contributed by atoms with Gasteiger partial charge in [0.05, 0.1) is 6.20 Å². The van der Waals surface area contributed by atoms with E-state index in [-0.39, 0.29) is 0 Å². The lowest BCUT2D eigenvalue weighted by atomic mass is 10.4. The highest BCUT2D eigenvalue weighted by atomic mass is 32.2. The Morgan fingerprint density at radius 1 is 1.28 bits per heavy atom. The van der Waals surface area contributed by atoms with Crippen LogP contribution in [0.2, 0.25) is 0 Å². The van der Waals surface area contributed by atoms with E-state index in [9.17, 15) is 0 Å². The van der Waals surface area contributed by atoms with Gasteiger partial charge in [-0.2, -0.15) is 4.98 Å². The first-order chi connectivity index (χ1) is 8.71. The number of nitrogens with zero attached hydrogens (tertiary/aromatic N) is 3. The second-order valence-corrected chi connectivity index (χ2v) is 4.34. The van der Waals surface area contributed by atoms with Gasteiger partial charge in [-0.1, -0.05) is 11.8 Å². The van der Waals surface area contributed by atoms with Crippen LogP contribution in [0.5, 0.6) is 11.6 Å². The number of ether oxygens (including phenoxy) is 1. The van der Waals surface area contributed by atoms with Gasteiger partial charge in [-0.15, -0.1) is 0 Å². The fourth-order valence-corrected chi connectivity index (χ4v) is 1.68. The molecule has 2 aromatic rings. The summed E-state index contributed by atoms with van der Waals surface area (Å²) < 4.78 is 5.65. The predicted octanol–water partition coefficient (Wildman–Crippen LogP) is 2.74. The Hall–Kier alpha value is -1.82. The molecule has 18 heavy (non-hydrogen) atoms. The van der Waals surface area contributed by atoms with Crippen molar-refractivity contribution >= 4 is 17.6 Å². The van der Waals surface area contributed by atoms with E-state index in [1.54, 1.807) is 12.3 Å². The molecule has 0 aliphatic rings. The summed E-state index contributed by atoms with van der Waals surface area (Å²) in [6, 6.07) is 5.51. The Kier molecular flexibility index (Phi) is 3.99. The second-order valence-electron chi connectivity index (χ2n) is 3.57. The number of pyridine rings is 1. The molecule has 6 heteroatoms. The molecule has 0 radical (unpaired) electrons. The molecule has 0 aromatic carbocycles. The molecule has 0 saturated heterocycles. The molecule has 5 nitrogen and oxygen atoms in total. The molecule has 2 rings (SSSR count). The zero-order valence-electron chi connectivity index (χ0n) is 10.5. The molecule has 0 spiro atoms. The van der Waals surface area contributed by atoms with Gasteiger partial charge in [0.15, 0.2) is 5.16 Å². The summed E-state index contributed by atoms with van der Waals surface area (Å²) in [7, 11) is 1.81. The van der Waals surface area contributed by atoms with Crippen LogP contribution in [0.1, 0.15) is 5.69 Å². The summed E-state index contributed by atoms with van der Waals surface area (Å²) in [6.07, 6.45) is 3.60. The van der Waals surface area contributed by atoms with Crippen LogP contribution in [0.4, 0.5) is 5.82 Å². The average Bonchev–Trinajstić information content (AvgIpc) is 2.41. The molecule has 2 aromatic heterocycles. The van der Waals surface area contributed by atoms with Gasteiger partial charge in [-0.25, -0.2) is 4.98 Å².